The van der Waals surface area contributed by atoms with Crippen molar-refractivity contribution in [2.24, 2.45) is 5.41 Å². The van der Waals surface area contributed by atoms with Crippen LogP contribution in [-0.2, 0) is 27.6 Å². The Morgan fingerprint density at radius 1 is 1.11 bits per heavy atom. The Labute approximate surface area is 247 Å². The molecular formula is C31H26F2N4O7. The van der Waals surface area contributed by atoms with Gasteiger partial charge in [0.15, 0.2) is 6.73 Å². The number of furan rings is 1. The zero-order valence-corrected chi connectivity index (χ0v) is 23.8. The number of hydrogen-bond acceptors (Lipinski definition) is 8. The molecule has 2 N–H and O–H groups in total. The Balaban J connectivity index is 1.47. The van der Waals surface area contributed by atoms with Crippen LogP contribution in [0, 0.1) is 17.0 Å². The van der Waals surface area contributed by atoms with Crippen LogP contribution in [0.2, 0.25) is 0 Å². The molecule has 0 spiro atoms. The van der Waals surface area contributed by atoms with Crippen LogP contribution in [-0.4, -0.2) is 37.6 Å². The molecule has 5 aromatic rings. The van der Waals surface area contributed by atoms with E-state index in [1.807, 2.05) is 0 Å². The lowest BCUT2D eigenvalue weighted by molar-refractivity contribution is -0.157. The van der Waals surface area contributed by atoms with Crippen LogP contribution in [0.3, 0.4) is 0 Å². The van der Waals surface area contributed by atoms with Crippen molar-refractivity contribution in [2.75, 3.05) is 4.90 Å². The molecule has 0 bridgehead atoms. The quantitative estimate of drug-likeness (QED) is 0.271. The van der Waals surface area contributed by atoms with Gasteiger partial charge in [-0.1, -0.05) is 6.07 Å². The van der Waals surface area contributed by atoms with Crippen molar-refractivity contribution in [3.05, 3.63) is 104 Å². The highest BCUT2D eigenvalue weighted by Gasteiger charge is 2.47. The van der Waals surface area contributed by atoms with Gasteiger partial charge in [0, 0.05) is 41.2 Å². The minimum absolute atomic E-state index is 0.00859. The van der Waals surface area contributed by atoms with Crippen molar-refractivity contribution in [3.63, 3.8) is 0 Å². The fourth-order valence-corrected chi connectivity index (χ4v) is 5.55. The van der Waals surface area contributed by atoms with E-state index in [-0.39, 0.29) is 44.2 Å². The number of aromatic nitrogens is 3. The van der Waals surface area contributed by atoms with Gasteiger partial charge >= 0.3 is 11.9 Å². The number of H-pyrrole nitrogens is 1. The van der Waals surface area contributed by atoms with Crippen LogP contribution in [0.15, 0.2) is 69.2 Å². The third-order valence-electron chi connectivity index (χ3n) is 7.70. The van der Waals surface area contributed by atoms with Gasteiger partial charge in [0.1, 0.15) is 29.6 Å². The number of pyridine rings is 1. The summed E-state index contributed by atoms with van der Waals surface area (Å²) in [6.45, 7) is 4.15. The molecule has 0 aliphatic carbocycles. The van der Waals surface area contributed by atoms with Crippen molar-refractivity contribution in [1.82, 2.24) is 14.5 Å². The predicted octanol–water partition coefficient (Wildman–Crippen LogP) is 4.26. The number of ether oxygens (including phenoxy) is 1. The maximum absolute atomic E-state index is 15.5. The summed E-state index contributed by atoms with van der Waals surface area (Å²) in [7, 11) is 0. The van der Waals surface area contributed by atoms with Gasteiger partial charge < -0.3 is 24.1 Å². The van der Waals surface area contributed by atoms with E-state index in [1.165, 1.54) is 35.6 Å². The molecule has 11 nitrogen and oxygen atoms in total. The van der Waals surface area contributed by atoms with E-state index in [2.05, 4.69) is 9.97 Å². The number of hydrogen-bond donors (Lipinski definition) is 2. The summed E-state index contributed by atoms with van der Waals surface area (Å²) in [6, 6.07) is 6.36. The number of anilines is 1. The number of carboxylic acids is 1. The van der Waals surface area contributed by atoms with Gasteiger partial charge in [-0.2, -0.15) is 0 Å². The van der Waals surface area contributed by atoms with Crippen molar-refractivity contribution in [1.29, 1.82) is 0 Å². The maximum atomic E-state index is 15.5. The van der Waals surface area contributed by atoms with E-state index in [0.29, 0.717) is 0 Å². The highest BCUT2D eigenvalue weighted by molar-refractivity contribution is 5.94. The molecule has 0 saturated carbocycles. The molecule has 3 aromatic heterocycles. The number of carboxylic acid groups (broad SMARTS) is 1. The SMILES string of the molecule is CC(C)(C)C(=O)OCn1cnc2cc(F)c(CN3c4cc(F)c5ccoc5c4C(c4ccc[nH]c4=O)C3C(=O)O)cc2c1=O. The normalized spacial score (nSPS) is 16.4. The second kappa shape index (κ2) is 10.4. The molecular weight excluding hydrogens is 578 g/mol. The lowest BCUT2D eigenvalue weighted by atomic mass is 9.87. The number of aliphatic carboxylic acids is 1. The summed E-state index contributed by atoms with van der Waals surface area (Å²) in [5.41, 5.74) is -1.49. The van der Waals surface area contributed by atoms with Gasteiger partial charge in [-0.25, -0.2) is 18.6 Å². The minimum atomic E-state index is -1.47. The van der Waals surface area contributed by atoms with E-state index < -0.39 is 65.3 Å². The summed E-state index contributed by atoms with van der Waals surface area (Å²) in [5.74, 6) is -4.48. The standard InChI is InChI=1S/C31H26F2N4O7/c1-31(2,3)30(42)44-14-36-13-35-21-10-19(32)15(9-18(21)28(36)39)12-37-22-11-20(33)16-6-8-43-26(16)24(22)23(25(37)29(40)41)17-5-4-7-34-27(17)38/h4-11,13,23,25H,12,14H2,1-3H3,(H,34,38)(H,40,41). The average Bonchev–Trinajstić information content (AvgIpc) is 3.57. The lowest BCUT2D eigenvalue weighted by Crippen LogP contribution is -2.42. The van der Waals surface area contributed by atoms with Gasteiger partial charge in [0.05, 0.1) is 33.9 Å². The maximum Gasteiger partial charge on any atom is 0.327 e. The predicted molar refractivity (Wildman–Crippen MR) is 154 cm³/mol. The van der Waals surface area contributed by atoms with Crippen LogP contribution >= 0.6 is 0 Å². The Bertz CT molecular complexity index is 2090. The number of carbonyl (C=O) groups is 2. The number of carbonyl (C=O) groups excluding carboxylic acids is 1. The van der Waals surface area contributed by atoms with Gasteiger partial charge in [-0.15, -0.1) is 0 Å². The van der Waals surface area contributed by atoms with Gasteiger partial charge in [0.2, 0.25) is 0 Å². The minimum Gasteiger partial charge on any atom is -0.480 e. The van der Waals surface area contributed by atoms with Gasteiger partial charge in [-0.3, -0.25) is 19.0 Å². The number of esters is 1. The summed E-state index contributed by atoms with van der Waals surface area (Å²) < 4.78 is 42.7. The number of fused-ring (bicyclic) bond motifs is 4. The molecule has 13 heteroatoms. The molecule has 2 unspecified atom stereocenters. The van der Waals surface area contributed by atoms with Crippen LogP contribution < -0.4 is 16.0 Å². The highest BCUT2D eigenvalue weighted by Crippen LogP contribution is 2.49. The van der Waals surface area contributed by atoms with E-state index in [0.717, 1.165) is 23.0 Å². The summed E-state index contributed by atoms with van der Waals surface area (Å²) >= 11 is 0. The van der Waals surface area contributed by atoms with E-state index in [1.54, 1.807) is 26.8 Å². The molecule has 226 valence electrons. The molecule has 0 radical (unpaired) electrons. The highest BCUT2D eigenvalue weighted by atomic mass is 19.1. The fraction of sp³-hybridized carbons (Fsp3) is 0.258. The average molecular weight is 605 g/mol. The van der Waals surface area contributed by atoms with Crippen molar-refractivity contribution >= 4 is 39.5 Å². The smallest absolute Gasteiger partial charge is 0.327 e. The second-order valence-corrected chi connectivity index (χ2v) is 11.6. The van der Waals surface area contributed by atoms with Crippen molar-refractivity contribution < 1.29 is 32.6 Å². The van der Waals surface area contributed by atoms with Crippen LogP contribution in [0.4, 0.5) is 14.5 Å². The molecule has 1 aliphatic rings. The first kappa shape index (κ1) is 28.8. The summed E-state index contributed by atoms with van der Waals surface area (Å²) in [6.07, 6.45) is 3.80. The Kier molecular flexibility index (Phi) is 6.82. The van der Waals surface area contributed by atoms with Gasteiger partial charge in [0.25, 0.3) is 11.1 Å². The van der Waals surface area contributed by atoms with E-state index in [4.69, 9.17) is 9.15 Å². The third-order valence-corrected chi connectivity index (χ3v) is 7.70. The lowest BCUT2D eigenvalue weighted by Gasteiger charge is -2.27. The zero-order chi connectivity index (χ0) is 31.5. The van der Waals surface area contributed by atoms with Crippen LogP contribution in [0.1, 0.15) is 43.4 Å². The number of nitrogens with zero attached hydrogens (tertiary/aromatic N) is 3. The summed E-state index contributed by atoms with van der Waals surface area (Å²) in [5, 5.41) is 10.5. The van der Waals surface area contributed by atoms with Crippen molar-refractivity contribution in [2.45, 2.75) is 46.0 Å². The third kappa shape index (κ3) is 4.70. The molecule has 2 atom stereocenters. The monoisotopic (exact) mass is 604 g/mol. The molecule has 2 aromatic carbocycles. The van der Waals surface area contributed by atoms with E-state index >= 15 is 8.78 Å². The largest absolute Gasteiger partial charge is 0.480 e. The first-order valence-corrected chi connectivity index (χ1v) is 13.6. The first-order valence-electron chi connectivity index (χ1n) is 13.6. The zero-order valence-electron chi connectivity index (χ0n) is 23.8. The number of nitrogens with one attached hydrogen (secondary N) is 1. The number of rotatable bonds is 6. The molecule has 6 rings (SSSR count). The molecule has 0 saturated heterocycles. The Hall–Kier alpha value is -5.33. The number of aromatic amines is 1. The molecule has 0 amide bonds. The van der Waals surface area contributed by atoms with Crippen molar-refractivity contribution in [3.8, 4) is 0 Å². The first-order chi connectivity index (χ1) is 20.9. The van der Waals surface area contributed by atoms with Crippen LogP contribution in [0.25, 0.3) is 21.9 Å². The second-order valence-electron chi connectivity index (χ2n) is 11.6. The molecule has 0 fully saturated rings. The summed E-state index contributed by atoms with van der Waals surface area (Å²) in [4.78, 5) is 59.2. The molecule has 44 heavy (non-hydrogen) atoms. The fourth-order valence-electron chi connectivity index (χ4n) is 5.55. The number of benzene rings is 2. The molecule has 4 heterocycles. The van der Waals surface area contributed by atoms with Gasteiger partial charge in [-0.05, 0) is 45.0 Å². The number of halogens is 2. The van der Waals surface area contributed by atoms with E-state index in [9.17, 15) is 24.3 Å². The Morgan fingerprint density at radius 2 is 1.89 bits per heavy atom. The Morgan fingerprint density at radius 3 is 2.59 bits per heavy atom. The van der Waals surface area contributed by atoms with Crippen LogP contribution in [0.5, 0.6) is 0 Å². The molecule has 1 aliphatic heterocycles. The topological polar surface area (TPSA) is 148 Å².